The van der Waals surface area contributed by atoms with Gasteiger partial charge >= 0.3 is 6.18 Å². The number of alkyl halides is 4. The third kappa shape index (κ3) is 4.70. The molecule has 0 aromatic carbocycles. The molecule has 0 saturated heterocycles. The molecule has 1 aromatic rings. The summed E-state index contributed by atoms with van der Waals surface area (Å²) in [5.74, 6) is -0.761. The molecule has 3 nitrogen and oxygen atoms in total. The van der Waals surface area contributed by atoms with Gasteiger partial charge in [-0.25, -0.2) is 0 Å². The lowest BCUT2D eigenvalue weighted by Gasteiger charge is -2.23. The Hall–Kier alpha value is -1.30. The molecule has 0 radical (unpaired) electrons. The van der Waals surface area contributed by atoms with Gasteiger partial charge in [0.1, 0.15) is 6.54 Å². The summed E-state index contributed by atoms with van der Waals surface area (Å²) in [6.45, 7) is 1.86. The SMILES string of the molecule is Cc1ccc(C(=O)N(CCCl)CC(F)(F)F)c(C)n1. The van der Waals surface area contributed by atoms with Gasteiger partial charge in [0.05, 0.1) is 11.3 Å². The third-order valence-electron chi connectivity index (χ3n) is 2.47. The zero-order chi connectivity index (χ0) is 14.6. The lowest BCUT2D eigenvalue weighted by Crippen LogP contribution is -2.40. The van der Waals surface area contributed by atoms with E-state index in [4.69, 9.17) is 11.6 Å². The van der Waals surface area contributed by atoms with Gasteiger partial charge in [-0.2, -0.15) is 13.2 Å². The van der Waals surface area contributed by atoms with Gasteiger partial charge < -0.3 is 4.90 Å². The van der Waals surface area contributed by atoms with Crippen LogP contribution >= 0.6 is 11.6 Å². The van der Waals surface area contributed by atoms with Gasteiger partial charge in [-0.3, -0.25) is 9.78 Å². The van der Waals surface area contributed by atoms with Crippen LogP contribution < -0.4 is 0 Å². The Morgan fingerprint density at radius 1 is 1.37 bits per heavy atom. The lowest BCUT2D eigenvalue weighted by atomic mass is 10.1. The van der Waals surface area contributed by atoms with Crippen molar-refractivity contribution in [2.45, 2.75) is 20.0 Å². The summed E-state index contributed by atoms with van der Waals surface area (Å²) in [4.78, 5) is 16.8. The Morgan fingerprint density at radius 2 is 2.00 bits per heavy atom. The molecule has 0 spiro atoms. The van der Waals surface area contributed by atoms with Gasteiger partial charge in [0, 0.05) is 18.1 Å². The molecule has 19 heavy (non-hydrogen) atoms. The first-order valence-electron chi connectivity index (χ1n) is 5.61. The predicted molar refractivity (Wildman–Crippen MR) is 66.4 cm³/mol. The first-order chi connectivity index (χ1) is 8.74. The number of aryl methyl sites for hydroxylation is 2. The van der Waals surface area contributed by atoms with Crippen molar-refractivity contribution in [1.82, 2.24) is 9.88 Å². The van der Waals surface area contributed by atoms with Gasteiger partial charge in [-0.1, -0.05) is 0 Å². The van der Waals surface area contributed by atoms with Crippen LogP contribution in [0.2, 0.25) is 0 Å². The number of amides is 1. The fraction of sp³-hybridized carbons (Fsp3) is 0.500. The average molecular weight is 295 g/mol. The Balaban J connectivity index is 2.99. The molecule has 0 bridgehead atoms. The Labute approximate surface area is 114 Å². The van der Waals surface area contributed by atoms with Crippen molar-refractivity contribution in [3.8, 4) is 0 Å². The smallest absolute Gasteiger partial charge is 0.328 e. The molecule has 0 unspecified atom stereocenters. The first-order valence-corrected chi connectivity index (χ1v) is 6.14. The van der Waals surface area contributed by atoms with Crippen LogP contribution in [0.4, 0.5) is 13.2 Å². The monoisotopic (exact) mass is 294 g/mol. The van der Waals surface area contributed by atoms with Gasteiger partial charge in [-0.15, -0.1) is 11.6 Å². The molecule has 1 amide bonds. The highest BCUT2D eigenvalue weighted by atomic mass is 35.5. The number of nitrogens with zero attached hydrogens (tertiary/aromatic N) is 2. The van der Waals surface area contributed by atoms with E-state index in [1.807, 2.05) is 0 Å². The molecule has 0 atom stereocenters. The van der Waals surface area contributed by atoms with Crippen molar-refractivity contribution in [2.75, 3.05) is 19.0 Å². The molecule has 1 aromatic heterocycles. The van der Waals surface area contributed by atoms with E-state index in [1.54, 1.807) is 19.9 Å². The molecule has 106 valence electrons. The Kier molecular flexibility index (Phi) is 5.17. The fourth-order valence-corrected chi connectivity index (χ4v) is 1.86. The number of pyridine rings is 1. The van der Waals surface area contributed by atoms with E-state index in [0.717, 1.165) is 0 Å². The maximum atomic E-state index is 12.4. The van der Waals surface area contributed by atoms with Crippen LogP contribution in [0, 0.1) is 13.8 Å². The lowest BCUT2D eigenvalue weighted by molar-refractivity contribution is -0.140. The summed E-state index contributed by atoms with van der Waals surface area (Å²) in [5, 5.41) is 0. The van der Waals surface area contributed by atoms with E-state index in [2.05, 4.69) is 4.98 Å². The fourth-order valence-electron chi connectivity index (χ4n) is 1.65. The van der Waals surface area contributed by atoms with Crippen LogP contribution in [0.3, 0.4) is 0 Å². The minimum atomic E-state index is -4.45. The van der Waals surface area contributed by atoms with Crippen molar-refractivity contribution < 1.29 is 18.0 Å². The second-order valence-electron chi connectivity index (χ2n) is 4.12. The Morgan fingerprint density at radius 3 is 2.47 bits per heavy atom. The standard InChI is InChI=1S/C12H14ClF3N2O/c1-8-3-4-10(9(2)17-8)11(19)18(6-5-13)7-12(14,15)16/h3-4H,5-7H2,1-2H3. The quantitative estimate of drug-likeness (QED) is 0.800. The van der Waals surface area contributed by atoms with E-state index in [1.165, 1.54) is 6.07 Å². The third-order valence-corrected chi connectivity index (χ3v) is 2.64. The van der Waals surface area contributed by atoms with E-state index >= 15 is 0 Å². The summed E-state index contributed by atoms with van der Waals surface area (Å²) >= 11 is 5.44. The molecule has 0 fully saturated rings. The normalized spacial score (nSPS) is 11.5. The van der Waals surface area contributed by atoms with Crippen LogP contribution in [0.5, 0.6) is 0 Å². The highest BCUT2D eigenvalue weighted by Gasteiger charge is 2.33. The van der Waals surface area contributed by atoms with Crippen molar-refractivity contribution in [2.24, 2.45) is 0 Å². The van der Waals surface area contributed by atoms with Crippen LogP contribution in [0.15, 0.2) is 12.1 Å². The van der Waals surface area contributed by atoms with Crippen LogP contribution in [0.25, 0.3) is 0 Å². The van der Waals surface area contributed by atoms with Crippen molar-refractivity contribution in [1.29, 1.82) is 0 Å². The molecule has 0 aliphatic heterocycles. The molecule has 0 N–H and O–H groups in total. The van der Waals surface area contributed by atoms with Gasteiger partial charge in [0.15, 0.2) is 0 Å². The summed E-state index contributed by atoms with van der Waals surface area (Å²) < 4.78 is 37.3. The van der Waals surface area contributed by atoms with E-state index in [9.17, 15) is 18.0 Å². The Bertz CT molecular complexity index is 463. The zero-order valence-electron chi connectivity index (χ0n) is 10.6. The zero-order valence-corrected chi connectivity index (χ0v) is 11.3. The molecule has 0 saturated carbocycles. The highest BCUT2D eigenvalue weighted by Crippen LogP contribution is 2.19. The minimum Gasteiger partial charge on any atom is -0.328 e. The highest BCUT2D eigenvalue weighted by molar-refractivity contribution is 6.18. The molecule has 1 rings (SSSR count). The van der Waals surface area contributed by atoms with Crippen LogP contribution in [-0.2, 0) is 0 Å². The second kappa shape index (κ2) is 6.23. The summed E-state index contributed by atoms with van der Waals surface area (Å²) in [6.07, 6.45) is -4.45. The topological polar surface area (TPSA) is 33.2 Å². The summed E-state index contributed by atoms with van der Waals surface area (Å²) in [6, 6.07) is 3.07. The summed E-state index contributed by atoms with van der Waals surface area (Å²) in [5.41, 5.74) is 1.28. The maximum absolute atomic E-state index is 12.4. The molecule has 1 heterocycles. The number of hydrogen-bond donors (Lipinski definition) is 0. The minimum absolute atomic E-state index is 0.0554. The number of hydrogen-bond acceptors (Lipinski definition) is 2. The molecular formula is C12H14ClF3N2O. The molecule has 0 aliphatic carbocycles. The van der Waals surface area contributed by atoms with E-state index < -0.39 is 18.6 Å². The summed E-state index contributed by atoms with van der Waals surface area (Å²) in [7, 11) is 0. The second-order valence-corrected chi connectivity index (χ2v) is 4.49. The largest absolute Gasteiger partial charge is 0.406 e. The number of aromatic nitrogens is 1. The van der Waals surface area contributed by atoms with Crippen molar-refractivity contribution >= 4 is 17.5 Å². The molecule has 0 aliphatic rings. The number of carbonyl (C=O) groups excluding carboxylic acids is 1. The van der Waals surface area contributed by atoms with Crippen LogP contribution in [0.1, 0.15) is 21.7 Å². The number of carbonyl (C=O) groups is 1. The van der Waals surface area contributed by atoms with Gasteiger partial charge in [0.25, 0.3) is 5.91 Å². The first kappa shape index (κ1) is 15.8. The molecule has 7 heteroatoms. The maximum Gasteiger partial charge on any atom is 0.406 e. The number of halogens is 4. The van der Waals surface area contributed by atoms with Gasteiger partial charge in [0.2, 0.25) is 0 Å². The predicted octanol–water partition coefficient (Wildman–Crippen LogP) is 2.94. The van der Waals surface area contributed by atoms with E-state index in [-0.39, 0.29) is 18.0 Å². The molecular weight excluding hydrogens is 281 g/mol. The van der Waals surface area contributed by atoms with E-state index in [0.29, 0.717) is 16.3 Å². The van der Waals surface area contributed by atoms with Crippen LogP contribution in [-0.4, -0.2) is 40.9 Å². The van der Waals surface area contributed by atoms with Gasteiger partial charge in [-0.05, 0) is 26.0 Å². The average Bonchev–Trinajstić information content (AvgIpc) is 2.26. The van der Waals surface area contributed by atoms with Crippen molar-refractivity contribution in [3.63, 3.8) is 0 Å². The number of rotatable bonds is 4. The van der Waals surface area contributed by atoms with Crippen molar-refractivity contribution in [3.05, 3.63) is 29.1 Å².